The van der Waals surface area contributed by atoms with Crippen LogP contribution in [0.2, 0.25) is 0 Å². The lowest BCUT2D eigenvalue weighted by Crippen LogP contribution is -2.59. The van der Waals surface area contributed by atoms with Crippen LogP contribution in [0.4, 0.5) is 0 Å². The molecule has 3 N–H and O–H groups in total. The second kappa shape index (κ2) is 9.93. The average molecular weight is 495 g/mol. The Kier molecular flexibility index (Phi) is 6.70. The molecule has 3 amide bonds. The normalized spacial score (nSPS) is 26.4. The van der Waals surface area contributed by atoms with Gasteiger partial charge >= 0.3 is 0 Å². The van der Waals surface area contributed by atoms with Gasteiger partial charge in [0.1, 0.15) is 6.17 Å². The van der Waals surface area contributed by atoms with Gasteiger partial charge in [-0.25, -0.2) is 10.4 Å². The first-order chi connectivity index (χ1) is 17.3. The van der Waals surface area contributed by atoms with E-state index in [1.54, 1.807) is 17.2 Å². The van der Waals surface area contributed by atoms with Gasteiger partial charge in [0.2, 0.25) is 11.8 Å². The largest absolute Gasteiger partial charge is 0.494 e. The van der Waals surface area contributed by atoms with Gasteiger partial charge in [-0.3, -0.25) is 19.4 Å². The first-order valence-electron chi connectivity index (χ1n) is 12.8. The third kappa shape index (κ3) is 4.69. The van der Waals surface area contributed by atoms with Crippen LogP contribution in [0.3, 0.4) is 0 Å². The molecule has 0 radical (unpaired) electrons. The highest BCUT2D eigenvalue weighted by atomic mass is 16.3. The van der Waals surface area contributed by atoms with Crippen molar-refractivity contribution in [3.8, 4) is 0 Å². The Hall–Kier alpha value is -3.40. The molecule has 3 fully saturated rings. The molecular formula is C26H34N6O4. The van der Waals surface area contributed by atoms with Gasteiger partial charge in [-0.15, -0.1) is 0 Å². The lowest BCUT2D eigenvalue weighted by molar-refractivity contribution is -0.142. The van der Waals surface area contributed by atoms with Crippen LogP contribution in [0.5, 0.6) is 0 Å². The van der Waals surface area contributed by atoms with E-state index in [9.17, 15) is 19.5 Å². The van der Waals surface area contributed by atoms with Crippen molar-refractivity contribution in [2.45, 2.75) is 57.8 Å². The molecule has 0 aromatic carbocycles. The van der Waals surface area contributed by atoms with Crippen LogP contribution in [-0.4, -0.2) is 74.5 Å². The van der Waals surface area contributed by atoms with Crippen molar-refractivity contribution in [1.82, 2.24) is 30.5 Å². The van der Waals surface area contributed by atoms with Gasteiger partial charge in [0, 0.05) is 44.0 Å². The summed E-state index contributed by atoms with van der Waals surface area (Å²) in [5.41, 5.74) is 3.89. The molecule has 1 saturated carbocycles. The molecule has 4 heterocycles. The zero-order chi connectivity index (χ0) is 25.4. The van der Waals surface area contributed by atoms with Crippen LogP contribution in [0, 0.1) is 11.8 Å². The van der Waals surface area contributed by atoms with E-state index in [0.29, 0.717) is 19.6 Å². The molecule has 192 valence electrons. The number of likely N-dealkylation sites (tertiary alicyclic amines) is 1. The van der Waals surface area contributed by atoms with Crippen molar-refractivity contribution in [2.75, 3.05) is 19.6 Å². The number of pyridine rings is 1. The molecule has 2 unspecified atom stereocenters. The van der Waals surface area contributed by atoms with Gasteiger partial charge in [-0.05, 0) is 49.3 Å². The van der Waals surface area contributed by atoms with Gasteiger partial charge in [0.05, 0.1) is 6.04 Å². The molecule has 1 aliphatic carbocycles. The standard InChI is InChI=1S/C26H34N6O4/c1-16(2)15-31-24-18(7-10-21(33)30-12-4-6-20(30)17-5-3-11-27-13-17)14-28-32(24)26(36)22(25(31)35)23(34)29-19-8-9-19/h3,5,7,10-11,13,16,18-20,24,28,35H,4,6,8-9,12,14-15H2,1-2H3,(H,29,34)/b10-7+/t18?,20-,24?/m0/s1. The van der Waals surface area contributed by atoms with Crippen LogP contribution in [0.1, 0.15) is 51.1 Å². The third-order valence-electron chi connectivity index (χ3n) is 7.19. The van der Waals surface area contributed by atoms with Gasteiger partial charge in [-0.1, -0.05) is 26.0 Å². The average Bonchev–Trinajstić information content (AvgIpc) is 3.36. The van der Waals surface area contributed by atoms with Gasteiger partial charge < -0.3 is 20.2 Å². The maximum atomic E-state index is 13.2. The number of nitrogens with zero attached hydrogens (tertiary/aromatic N) is 4. The SMILES string of the molecule is CC(C)CN1C(O)=C(C(=O)NC2CC2)C(=O)N2NCC(/C=C/C(=O)N3CCC[C@H]3c3cccnc3)C12. The maximum Gasteiger partial charge on any atom is 0.280 e. The number of fused-ring (bicyclic) bond motifs is 1. The summed E-state index contributed by atoms with van der Waals surface area (Å²) in [4.78, 5) is 47.0. The highest BCUT2D eigenvalue weighted by Gasteiger charge is 2.49. The number of hydrogen-bond acceptors (Lipinski definition) is 7. The highest BCUT2D eigenvalue weighted by molar-refractivity contribution is 6.19. The molecular weight excluding hydrogens is 460 g/mol. The summed E-state index contributed by atoms with van der Waals surface area (Å²) >= 11 is 0. The number of amides is 3. The second-order valence-corrected chi connectivity index (χ2v) is 10.4. The Labute approximate surface area is 211 Å². The quantitative estimate of drug-likeness (QED) is 0.389. The predicted molar refractivity (Wildman–Crippen MR) is 132 cm³/mol. The van der Waals surface area contributed by atoms with E-state index in [1.807, 2.05) is 43.2 Å². The van der Waals surface area contributed by atoms with E-state index < -0.39 is 18.0 Å². The first kappa shape index (κ1) is 24.3. The molecule has 1 aromatic rings. The van der Waals surface area contributed by atoms with E-state index in [2.05, 4.69) is 15.7 Å². The lowest BCUT2D eigenvalue weighted by Gasteiger charge is -2.42. The summed E-state index contributed by atoms with van der Waals surface area (Å²) in [6, 6.07) is 3.95. The zero-order valence-electron chi connectivity index (χ0n) is 20.8. The topological polar surface area (TPSA) is 118 Å². The molecule has 5 rings (SSSR count). The van der Waals surface area contributed by atoms with Gasteiger partial charge in [-0.2, -0.15) is 0 Å². The first-order valence-corrected chi connectivity index (χ1v) is 12.8. The minimum absolute atomic E-state index is 0.00210. The monoisotopic (exact) mass is 494 g/mol. The fourth-order valence-corrected chi connectivity index (χ4v) is 5.33. The number of hydrazine groups is 1. The Bertz CT molecular complexity index is 1080. The highest BCUT2D eigenvalue weighted by Crippen LogP contribution is 2.34. The van der Waals surface area contributed by atoms with E-state index in [1.165, 1.54) is 5.01 Å². The summed E-state index contributed by atoms with van der Waals surface area (Å²) in [5.74, 6) is -1.54. The predicted octanol–water partition coefficient (Wildman–Crippen LogP) is 1.61. The van der Waals surface area contributed by atoms with Crippen LogP contribution >= 0.6 is 0 Å². The molecule has 0 spiro atoms. The zero-order valence-corrected chi connectivity index (χ0v) is 20.8. The van der Waals surface area contributed by atoms with Crippen molar-refractivity contribution in [2.24, 2.45) is 11.8 Å². The van der Waals surface area contributed by atoms with Crippen LogP contribution < -0.4 is 10.7 Å². The van der Waals surface area contributed by atoms with Crippen molar-refractivity contribution in [1.29, 1.82) is 0 Å². The molecule has 4 aliphatic rings. The fraction of sp³-hybridized carbons (Fsp3) is 0.538. The molecule has 10 nitrogen and oxygen atoms in total. The summed E-state index contributed by atoms with van der Waals surface area (Å²) in [6.07, 6.45) is 10.00. The summed E-state index contributed by atoms with van der Waals surface area (Å²) in [7, 11) is 0. The van der Waals surface area contributed by atoms with Crippen molar-refractivity contribution >= 4 is 17.7 Å². The molecule has 36 heavy (non-hydrogen) atoms. The second-order valence-electron chi connectivity index (χ2n) is 10.4. The van der Waals surface area contributed by atoms with E-state index in [0.717, 1.165) is 31.2 Å². The van der Waals surface area contributed by atoms with E-state index in [-0.39, 0.29) is 41.3 Å². The molecule has 2 saturated heterocycles. The molecule has 10 heteroatoms. The number of carbonyl (C=O) groups excluding carboxylic acids is 3. The summed E-state index contributed by atoms with van der Waals surface area (Å²) < 4.78 is 0. The Morgan fingerprint density at radius 2 is 2.11 bits per heavy atom. The molecule has 0 bridgehead atoms. The summed E-state index contributed by atoms with van der Waals surface area (Å²) in [5, 5.41) is 15.3. The fourth-order valence-electron chi connectivity index (χ4n) is 5.33. The Balaban J connectivity index is 1.36. The van der Waals surface area contributed by atoms with E-state index >= 15 is 0 Å². The van der Waals surface area contributed by atoms with E-state index in [4.69, 9.17) is 0 Å². The molecule has 3 aliphatic heterocycles. The molecule has 1 aromatic heterocycles. The van der Waals surface area contributed by atoms with Crippen molar-refractivity contribution in [3.05, 3.63) is 53.7 Å². The van der Waals surface area contributed by atoms with Crippen molar-refractivity contribution in [3.63, 3.8) is 0 Å². The smallest absolute Gasteiger partial charge is 0.280 e. The van der Waals surface area contributed by atoms with Crippen molar-refractivity contribution < 1.29 is 19.5 Å². The Morgan fingerprint density at radius 1 is 1.31 bits per heavy atom. The number of rotatable bonds is 7. The maximum absolute atomic E-state index is 13.2. The number of nitrogens with one attached hydrogen (secondary N) is 2. The Morgan fingerprint density at radius 3 is 2.81 bits per heavy atom. The van der Waals surface area contributed by atoms with Gasteiger partial charge in [0.15, 0.2) is 5.57 Å². The van der Waals surface area contributed by atoms with Gasteiger partial charge in [0.25, 0.3) is 11.8 Å². The molecule has 3 atom stereocenters. The minimum atomic E-state index is -0.547. The lowest BCUT2D eigenvalue weighted by atomic mass is 10.0. The number of hydrogen-bond donors (Lipinski definition) is 3. The summed E-state index contributed by atoms with van der Waals surface area (Å²) in [6.45, 7) is 5.57. The van der Waals surface area contributed by atoms with Crippen LogP contribution in [0.15, 0.2) is 48.1 Å². The van der Waals surface area contributed by atoms with Crippen LogP contribution in [0.25, 0.3) is 0 Å². The number of aliphatic hydroxyl groups is 1. The number of carbonyl (C=O) groups is 3. The number of aromatic nitrogens is 1. The third-order valence-corrected chi connectivity index (χ3v) is 7.19. The minimum Gasteiger partial charge on any atom is -0.494 e. The number of aliphatic hydroxyl groups excluding tert-OH is 1. The van der Waals surface area contributed by atoms with Crippen LogP contribution in [-0.2, 0) is 14.4 Å².